The van der Waals surface area contributed by atoms with Gasteiger partial charge in [-0.25, -0.2) is 4.68 Å². The Balaban J connectivity index is 1.71. The molecule has 1 N–H and O–H groups in total. The SMILES string of the molecule is COc1ccc(CNC(=O)/C=C/c2cc(C)n(-c3ccnn3C(C)C)c2C)cc1OC. The van der Waals surface area contributed by atoms with Gasteiger partial charge in [0.1, 0.15) is 5.82 Å². The lowest BCUT2D eigenvalue weighted by atomic mass is 10.2. The van der Waals surface area contributed by atoms with Gasteiger partial charge in [-0.05, 0) is 63.1 Å². The van der Waals surface area contributed by atoms with Gasteiger partial charge in [0.15, 0.2) is 11.5 Å². The van der Waals surface area contributed by atoms with Crippen LogP contribution in [-0.4, -0.2) is 34.5 Å². The van der Waals surface area contributed by atoms with E-state index in [9.17, 15) is 4.79 Å². The number of carbonyl (C=O) groups excluding carboxylic acids is 1. The summed E-state index contributed by atoms with van der Waals surface area (Å²) in [5.41, 5.74) is 4.07. The molecule has 0 unspecified atom stereocenters. The molecule has 0 radical (unpaired) electrons. The van der Waals surface area contributed by atoms with Crippen molar-refractivity contribution in [3.8, 4) is 17.3 Å². The monoisotopic (exact) mass is 422 g/mol. The number of nitrogens with zero attached hydrogens (tertiary/aromatic N) is 3. The molecular weight excluding hydrogens is 392 g/mol. The van der Waals surface area contributed by atoms with E-state index in [2.05, 4.69) is 41.8 Å². The lowest BCUT2D eigenvalue weighted by molar-refractivity contribution is -0.116. The van der Waals surface area contributed by atoms with Gasteiger partial charge in [0.25, 0.3) is 0 Å². The third-order valence-corrected chi connectivity index (χ3v) is 5.17. The van der Waals surface area contributed by atoms with E-state index in [0.717, 1.165) is 28.3 Å². The Hall–Kier alpha value is -3.48. The Kier molecular flexibility index (Phi) is 6.84. The molecule has 2 heterocycles. The highest BCUT2D eigenvalue weighted by molar-refractivity contribution is 5.91. The van der Waals surface area contributed by atoms with Crippen molar-refractivity contribution in [1.29, 1.82) is 0 Å². The first-order valence-corrected chi connectivity index (χ1v) is 10.2. The summed E-state index contributed by atoms with van der Waals surface area (Å²) in [6.07, 6.45) is 5.22. The summed E-state index contributed by atoms with van der Waals surface area (Å²) in [5, 5.41) is 7.34. The first-order chi connectivity index (χ1) is 14.8. The van der Waals surface area contributed by atoms with Crippen molar-refractivity contribution in [3.05, 3.63) is 65.1 Å². The van der Waals surface area contributed by atoms with Crippen molar-refractivity contribution in [2.75, 3.05) is 14.2 Å². The molecule has 0 aliphatic rings. The van der Waals surface area contributed by atoms with Gasteiger partial charge in [-0.1, -0.05) is 6.07 Å². The summed E-state index contributed by atoms with van der Waals surface area (Å²) in [7, 11) is 3.19. The van der Waals surface area contributed by atoms with Gasteiger partial charge in [0.2, 0.25) is 5.91 Å². The smallest absolute Gasteiger partial charge is 0.244 e. The van der Waals surface area contributed by atoms with Crippen LogP contribution in [0.1, 0.15) is 42.4 Å². The molecule has 0 spiro atoms. The van der Waals surface area contributed by atoms with Gasteiger partial charge >= 0.3 is 0 Å². The molecule has 3 aromatic rings. The minimum atomic E-state index is -0.160. The Labute approximate surface area is 183 Å². The van der Waals surface area contributed by atoms with Crippen LogP contribution in [0.15, 0.2) is 42.6 Å². The summed E-state index contributed by atoms with van der Waals surface area (Å²) in [6.45, 7) is 8.71. The summed E-state index contributed by atoms with van der Waals surface area (Å²) < 4.78 is 14.7. The average Bonchev–Trinajstić information content (AvgIpc) is 3.34. The molecular formula is C24H30N4O3. The maximum absolute atomic E-state index is 12.4. The topological polar surface area (TPSA) is 70.3 Å². The fourth-order valence-electron chi connectivity index (χ4n) is 3.60. The van der Waals surface area contributed by atoms with Crippen LogP contribution >= 0.6 is 0 Å². The maximum Gasteiger partial charge on any atom is 0.244 e. The number of hydrogen-bond acceptors (Lipinski definition) is 4. The Bertz CT molecular complexity index is 1090. The van der Waals surface area contributed by atoms with Crippen LogP contribution in [0.3, 0.4) is 0 Å². The van der Waals surface area contributed by atoms with E-state index in [-0.39, 0.29) is 11.9 Å². The van der Waals surface area contributed by atoms with Crippen LogP contribution in [0.4, 0.5) is 0 Å². The molecule has 7 nitrogen and oxygen atoms in total. The van der Waals surface area contributed by atoms with E-state index >= 15 is 0 Å². The van der Waals surface area contributed by atoms with Crippen molar-refractivity contribution in [1.82, 2.24) is 19.7 Å². The minimum Gasteiger partial charge on any atom is -0.493 e. The van der Waals surface area contributed by atoms with Crippen molar-refractivity contribution < 1.29 is 14.3 Å². The second kappa shape index (κ2) is 9.55. The van der Waals surface area contributed by atoms with Crippen LogP contribution in [-0.2, 0) is 11.3 Å². The molecule has 0 saturated carbocycles. The Morgan fingerprint density at radius 2 is 1.87 bits per heavy atom. The van der Waals surface area contributed by atoms with E-state index in [1.54, 1.807) is 20.3 Å². The normalized spacial score (nSPS) is 11.3. The van der Waals surface area contributed by atoms with Crippen molar-refractivity contribution in [2.45, 2.75) is 40.3 Å². The Morgan fingerprint density at radius 1 is 1.13 bits per heavy atom. The lowest BCUT2D eigenvalue weighted by Gasteiger charge is -2.15. The second-order valence-corrected chi connectivity index (χ2v) is 7.63. The summed E-state index contributed by atoms with van der Waals surface area (Å²) in [4.78, 5) is 12.4. The van der Waals surface area contributed by atoms with E-state index < -0.39 is 0 Å². The molecule has 0 aliphatic carbocycles. The number of methoxy groups -OCH3 is 2. The zero-order chi connectivity index (χ0) is 22.5. The van der Waals surface area contributed by atoms with Crippen LogP contribution in [0.25, 0.3) is 11.9 Å². The number of aryl methyl sites for hydroxylation is 1. The number of rotatable bonds is 8. The highest BCUT2D eigenvalue weighted by atomic mass is 16.5. The zero-order valence-corrected chi connectivity index (χ0v) is 19.0. The molecule has 0 saturated heterocycles. The average molecular weight is 423 g/mol. The van der Waals surface area contributed by atoms with Gasteiger partial charge in [0.05, 0.1) is 20.4 Å². The molecule has 1 amide bonds. The highest BCUT2D eigenvalue weighted by Crippen LogP contribution is 2.27. The Morgan fingerprint density at radius 3 is 2.55 bits per heavy atom. The number of hydrogen-bond donors (Lipinski definition) is 1. The third kappa shape index (κ3) is 4.82. The number of ether oxygens (including phenoxy) is 2. The number of benzene rings is 1. The highest BCUT2D eigenvalue weighted by Gasteiger charge is 2.14. The number of carbonyl (C=O) groups is 1. The molecule has 2 aromatic heterocycles. The first kappa shape index (κ1) is 22.2. The summed E-state index contributed by atoms with van der Waals surface area (Å²) in [5.74, 6) is 2.15. The number of nitrogens with one attached hydrogen (secondary N) is 1. The standard InChI is InChI=1S/C24H30N4O3/c1-16(2)28-24(11-12-26-28)27-17(3)13-20(18(27)4)8-10-23(29)25-15-19-7-9-21(30-5)22(14-19)31-6/h7-14,16H,15H2,1-6H3,(H,25,29)/b10-8+. The molecule has 7 heteroatoms. The van der Waals surface area contributed by atoms with Crippen molar-refractivity contribution in [3.63, 3.8) is 0 Å². The van der Waals surface area contributed by atoms with E-state index in [1.807, 2.05) is 48.1 Å². The predicted octanol–water partition coefficient (Wildman–Crippen LogP) is 4.22. The largest absolute Gasteiger partial charge is 0.493 e. The molecule has 1 aromatic carbocycles. The van der Waals surface area contributed by atoms with Gasteiger partial charge in [-0.2, -0.15) is 5.10 Å². The van der Waals surface area contributed by atoms with Crippen LogP contribution in [0.2, 0.25) is 0 Å². The molecule has 3 rings (SSSR count). The molecule has 0 aliphatic heterocycles. The van der Waals surface area contributed by atoms with Crippen molar-refractivity contribution in [2.24, 2.45) is 0 Å². The molecule has 164 valence electrons. The minimum absolute atomic E-state index is 0.160. The first-order valence-electron chi connectivity index (χ1n) is 10.2. The van der Waals surface area contributed by atoms with Crippen molar-refractivity contribution >= 4 is 12.0 Å². The predicted molar refractivity (Wildman–Crippen MR) is 122 cm³/mol. The van der Waals surface area contributed by atoms with Crippen LogP contribution < -0.4 is 14.8 Å². The molecule has 31 heavy (non-hydrogen) atoms. The van der Waals surface area contributed by atoms with Crippen LogP contribution in [0, 0.1) is 13.8 Å². The second-order valence-electron chi connectivity index (χ2n) is 7.63. The summed E-state index contributed by atoms with van der Waals surface area (Å²) >= 11 is 0. The van der Waals surface area contributed by atoms with E-state index in [4.69, 9.17) is 9.47 Å². The van der Waals surface area contributed by atoms with E-state index in [1.165, 1.54) is 0 Å². The fourth-order valence-corrected chi connectivity index (χ4v) is 3.60. The summed E-state index contributed by atoms with van der Waals surface area (Å²) in [6, 6.07) is 9.92. The van der Waals surface area contributed by atoms with Gasteiger partial charge in [-0.3, -0.25) is 4.79 Å². The van der Waals surface area contributed by atoms with Gasteiger partial charge in [0, 0.05) is 36.1 Å². The van der Waals surface area contributed by atoms with Gasteiger partial charge in [-0.15, -0.1) is 0 Å². The van der Waals surface area contributed by atoms with E-state index in [0.29, 0.717) is 18.0 Å². The quantitative estimate of drug-likeness (QED) is 0.552. The third-order valence-electron chi connectivity index (χ3n) is 5.17. The lowest BCUT2D eigenvalue weighted by Crippen LogP contribution is -2.20. The molecule has 0 fully saturated rings. The van der Waals surface area contributed by atoms with Crippen LogP contribution in [0.5, 0.6) is 11.5 Å². The zero-order valence-electron chi connectivity index (χ0n) is 19.0. The maximum atomic E-state index is 12.4. The van der Waals surface area contributed by atoms with Gasteiger partial charge < -0.3 is 19.4 Å². The number of amides is 1. The molecule has 0 bridgehead atoms. The number of aromatic nitrogens is 3. The fraction of sp³-hybridized carbons (Fsp3) is 0.333. The molecule has 0 atom stereocenters.